The number of rotatable bonds is 1. The lowest BCUT2D eigenvalue weighted by Gasteiger charge is -2.42. The third kappa shape index (κ3) is 2.71. The Morgan fingerprint density at radius 1 is 1.10 bits per heavy atom. The van der Waals surface area contributed by atoms with E-state index in [1.807, 2.05) is 6.08 Å². The summed E-state index contributed by atoms with van der Waals surface area (Å²) in [5.74, 6) is -2.87. The van der Waals surface area contributed by atoms with Crippen LogP contribution in [0.1, 0.15) is 31.2 Å². The quantitative estimate of drug-likeness (QED) is 0.414. The number of imide groups is 1. The highest BCUT2D eigenvalue weighted by Gasteiger charge is 2.55. The van der Waals surface area contributed by atoms with Crippen LogP contribution in [-0.4, -0.2) is 40.4 Å². The second-order valence-electron chi connectivity index (χ2n) is 8.67. The largest absolute Gasteiger partial charge is 0.508 e. The summed E-state index contributed by atoms with van der Waals surface area (Å²) < 4.78 is 0. The van der Waals surface area contributed by atoms with Gasteiger partial charge in [0.15, 0.2) is 11.6 Å². The smallest absolute Gasteiger partial charge is 0.233 e. The Hall–Kier alpha value is -2.99. The number of amides is 2. The van der Waals surface area contributed by atoms with E-state index in [1.54, 1.807) is 13.0 Å². The molecule has 6 nitrogen and oxygen atoms in total. The maximum Gasteiger partial charge on any atom is 0.233 e. The molecule has 4 atom stereocenters. The van der Waals surface area contributed by atoms with Crippen LogP contribution in [0.5, 0.6) is 5.75 Å². The third-order valence-corrected chi connectivity index (χ3v) is 7.40. The van der Waals surface area contributed by atoms with E-state index >= 15 is 0 Å². The van der Waals surface area contributed by atoms with Crippen LogP contribution in [0.3, 0.4) is 0 Å². The van der Waals surface area contributed by atoms with Gasteiger partial charge in [-0.05, 0) is 49.5 Å². The maximum atomic E-state index is 13.1. The Morgan fingerprint density at radius 3 is 2.55 bits per heavy atom. The molecule has 1 fully saturated rings. The van der Waals surface area contributed by atoms with Gasteiger partial charge in [0.25, 0.3) is 0 Å². The number of phenolic OH excluding ortho intramolecular Hbond substituents is 1. The van der Waals surface area contributed by atoms with Gasteiger partial charge in [-0.15, -0.1) is 0 Å². The summed E-state index contributed by atoms with van der Waals surface area (Å²) in [5, 5.41) is 10.1. The van der Waals surface area contributed by atoms with Crippen LogP contribution in [0.25, 0.3) is 0 Å². The lowest BCUT2D eigenvalue weighted by molar-refractivity contribution is -0.138. The predicted molar refractivity (Wildman–Crippen MR) is 112 cm³/mol. The number of phenols is 1. The fourth-order valence-electron chi connectivity index (χ4n) is 5.65. The summed E-state index contributed by atoms with van der Waals surface area (Å²) >= 11 is 6.47. The zero-order valence-electron chi connectivity index (χ0n) is 17.0. The molecule has 1 aliphatic heterocycles. The number of halogens is 1. The average Bonchev–Trinajstić information content (AvgIpc) is 2.95. The van der Waals surface area contributed by atoms with Crippen LogP contribution in [0.4, 0.5) is 0 Å². The number of nitrogens with zero attached hydrogens (tertiary/aromatic N) is 1. The van der Waals surface area contributed by atoms with Gasteiger partial charge in [-0.3, -0.25) is 24.1 Å². The van der Waals surface area contributed by atoms with Crippen LogP contribution in [0.15, 0.2) is 52.6 Å². The Balaban J connectivity index is 1.74. The molecule has 0 aromatic heterocycles. The van der Waals surface area contributed by atoms with E-state index in [0.717, 1.165) is 5.57 Å². The summed E-state index contributed by atoms with van der Waals surface area (Å²) in [4.78, 5) is 52.9. The molecule has 1 aromatic carbocycles. The molecule has 1 saturated heterocycles. The van der Waals surface area contributed by atoms with Gasteiger partial charge in [0.1, 0.15) is 5.75 Å². The van der Waals surface area contributed by atoms with Crippen molar-refractivity contribution >= 4 is 35.0 Å². The lowest BCUT2D eigenvalue weighted by Crippen LogP contribution is -2.39. The first-order chi connectivity index (χ1) is 14.7. The van der Waals surface area contributed by atoms with Crippen molar-refractivity contribution in [1.82, 2.24) is 4.90 Å². The maximum absolute atomic E-state index is 13.1. The Kier molecular flexibility index (Phi) is 4.35. The Morgan fingerprint density at radius 2 is 1.84 bits per heavy atom. The highest BCUT2D eigenvalue weighted by atomic mass is 35.5. The second kappa shape index (κ2) is 6.76. The van der Waals surface area contributed by atoms with E-state index in [-0.39, 0.29) is 46.5 Å². The number of Topliss-reactive ketones (excluding diaryl/α,β-unsaturated/α-hetero) is 1. The van der Waals surface area contributed by atoms with E-state index < -0.39 is 17.8 Å². The molecule has 31 heavy (non-hydrogen) atoms. The number of likely N-dealkylation sites (tertiary alicyclic amines) is 1. The lowest BCUT2D eigenvalue weighted by atomic mass is 9.59. The predicted octanol–water partition coefficient (Wildman–Crippen LogP) is 3.10. The molecule has 1 N–H and O–H groups in total. The molecule has 7 heteroatoms. The number of hydrogen-bond donors (Lipinski definition) is 1. The zero-order chi connectivity index (χ0) is 22.2. The number of carbonyl (C=O) groups is 4. The van der Waals surface area contributed by atoms with Crippen LogP contribution in [-0.2, 0) is 19.2 Å². The molecule has 0 bridgehead atoms. The third-order valence-electron chi connectivity index (χ3n) is 7.08. The molecule has 158 valence electrons. The topological polar surface area (TPSA) is 91.8 Å². The van der Waals surface area contributed by atoms with Gasteiger partial charge in [-0.25, -0.2) is 0 Å². The number of fused-ring (bicyclic) bond motifs is 3. The summed E-state index contributed by atoms with van der Waals surface area (Å²) in [6.07, 6.45) is 3.94. The average molecular weight is 438 g/mol. The molecule has 0 radical (unpaired) electrons. The molecular weight excluding hydrogens is 418 g/mol. The Bertz CT molecular complexity index is 1190. The van der Waals surface area contributed by atoms with Crippen molar-refractivity contribution < 1.29 is 24.3 Å². The molecule has 3 aliphatic carbocycles. The molecule has 4 unspecified atom stereocenters. The molecule has 1 heterocycles. The molecular formula is C24H20ClNO5. The standard InChI is InChI=1S/C24H20ClNO5/c1-10-7-18(28)21-16(22(10)29)9-15-12(19(21)13-4-3-11(27)8-17(13)25)5-6-14-20(15)24(31)26(2)23(14)30/h3-5,7-8,14-15,19-20,27H,6,9H2,1-2H3. The molecule has 5 rings (SSSR count). The molecule has 4 aliphatic rings. The van der Waals surface area contributed by atoms with Gasteiger partial charge in [0.2, 0.25) is 11.8 Å². The van der Waals surface area contributed by atoms with Crippen LogP contribution in [0.2, 0.25) is 5.02 Å². The minimum Gasteiger partial charge on any atom is -0.508 e. The first-order valence-electron chi connectivity index (χ1n) is 10.2. The number of aromatic hydroxyl groups is 1. The number of allylic oxidation sites excluding steroid dienone is 6. The monoisotopic (exact) mass is 437 g/mol. The van der Waals surface area contributed by atoms with E-state index in [4.69, 9.17) is 11.6 Å². The van der Waals surface area contributed by atoms with Crippen LogP contribution < -0.4 is 0 Å². The van der Waals surface area contributed by atoms with Crippen LogP contribution >= 0.6 is 11.6 Å². The molecule has 0 saturated carbocycles. The fraction of sp³-hybridized carbons (Fsp3) is 0.333. The second-order valence-corrected chi connectivity index (χ2v) is 9.08. The minimum absolute atomic E-state index is 0.00650. The van der Waals surface area contributed by atoms with Crippen molar-refractivity contribution in [1.29, 1.82) is 0 Å². The SMILES string of the molecule is CC1=CC(=O)C2=C(CC3C(=CCC4C(=O)N(C)C(=O)C43)C2c2ccc(O)cc2Cl)C1=O. The van der Waals surface area contributed by atoms with Crippen molar-refractivity contribution in [3.8, 4) is 5.75 Å². The molecule has 1 aromatic rings. The molecule has 0 spiro atoms. The van der Waals surface area contributed by atoms with Gasteiger partial charge in [-0.1, -0.05) is 29.3 Å². The first-order valence-corrected chi connectivity index (χ1v) is 10.6. The van der Waals surface area contributed by atoms with Gasteiger partial charge in [0, 0.05) is 34.7 Å². The van der Waals surface area contributed by atoms with Crippen molar-refractivity contribution in [2.45, 2.75) is 25.7 Å². The van der Waals surface area contributed by atoms with Crippen molar-refractivity contribution in [2.24, 2.45) is 17.8 Å². The minimum atomic E-state index is -0.600. The van der Waals surface area contributed by atoms with E-state index in [0.29, 0.717) is 28.7 Å². The van der Waals surface area contributed by atoms with E-state index in [2.05, 4.69) is 0 Å². The number of carbonyl (C=O) groups excluding carboxylic acids is 4. The fourth-order valence-corrected chi connectivity index (χ4v) is 5.93. The molecule has 2 amide bonds. The van der Waals surface area contributed by atoms with E-state index in [9.17, 15) is 24.3 Å². The summed E-state index contributed by atoms with van der Waals surface area (Å²) in [6.45, 7) is 1.61. The normalized spacial score (nSPS) is 30.1. The van der Waals surface area contributed by atoms with Crippen LogP contribution in [0, 0.1) is 17.8 Å². The first kappa shape index (κ1) is 19.9. The summed E-state index contributed by atoms with van der Waals surface area (Å²) in [6, 6.07) is 4.55. The van der Waals surface area contributed by atoms with Crippen molar-refractivity contribution in [3.63, 3.8) is 0 Å². The summed E-state index contributed by atoms with van der Waals surface area (Å²) in [5.41, 5.74) is 2.59. The zero-order valence-corrected chi connectivity index (χ0v) is 17.8. The van der Waals surface area contributed by atoms with Gasteiger partial charge < -0.3 is 5.11 Å². The van der Waals surface area contributed by atoms with Gasteiger partial charge >= 0.3 is 0 Å². The van der Waals surface area contributed by atoms with Crippen molar-refractivity contribution in [3.05, 3.63) is 63.2 Å². The number of hydrogen-bond acceptors (Lipinski definition) is 5. The highest BCUT2D eigenvalue weighted by molar-refractivity contribution is 6.32. The summed E-state index contributed by atoms with van der Waals surface area (Å²) in [7, 11) is 1.49. The van der Waals surface area contributed by atoms with Gasteiger partial charge in [-0.2, -0.15) is 0 Å². The number of ketones is 2. The van der Waals surface area contributed by atoms with Crippen molar-refractivity contribution in [2.75, 3.05) is 7.05 Å². The van der Waals surface area contributed by atoms with Gasteiger partial charge in [0.05, 0.1) is 11.8 Å². The van der Waals surface area contributed by atoms with E-state index in [1.165, 1.54) is 30.2 Å². The number of benzene rings is 1. The highest BCUT2D eigenvalue weighted by Crippen LogP contribution is 2.55. The Labute approximate surface area is 183 Å².